The summed E-state index contributed by atoms with van der Waals surface area (Å²) < 4.78 is 37.8. The first kappa shape index (κ1) is 13.2. The van der Waals surface area contributed by atoms with Gasteiger partial charge in [-0.15, -0.1) is 11.3 Å². The molecule has 2 aromatic heterocycles. The van der Waals surface area contributed by atoms with E-state index in [9.17, 15) is 18.0 Å². The second kappa shape index (κ2) is 4.34. The lowest BCUT2D eigenvalue weighted by Crippen LogP contribution is -2.25. The van der Waals surface area contributed by atoms with Crippen LogP contribution in [0.25, 0.3) is 10.2 Å². The first-order valence-electron chi connectivity index (χ1n) is 5.93. The number of aromatic nitrogens is 1. The summed E-state index contributed by atoms with van der Waals surface area (Å²) in [7, 11) is 0. The molecule has 0 aliphatic heterocycles. The number of halogens is 3. The highest BCUT2D eigenvalue weighted by Gasteiger charge is 2.33. The summed E-state index contributed by atoms with van der Waals surface area (Å²) in [6.45, 7) is 0. The Labute approximate surface area is 115 Å². The summed E-state index contributed by atoms with van der Waals surface area (Å²) in [5, 5.41) is 3.14. The Morgan fingerprint density at radius 2 is 2.10 bits per heavy atom. The van der Waals surface area contributed by atoms with Crippen LogP contribution in [0.2, 0.25) is 0 Å². The van der Waals surface area contributed by atoms with E-state index in [1.807, 2.05) is 0 Å². The van der Waals surface area contributed by atoms with Gasteiger partial charge in [0.05, 0.1) is 5.69 Å². The van der Waals surface area contributed by atoms with E-state index in [1.54, 1.807) is 0 Å². The van der Waals surface area contributed by atoms with Crippen molar-refractivity contribution in [1.29, 1.82) is 0 Å². The molecule has 20 heavy (non-hydrogen) atoms. The molecule has 8 heteroatoms. The molecule has 1 aliphatic rings. The summed E-state index contributed by atoms with van der Waals surface area (Å²) in [4.78, 5) is 15.8. The van der Waals surface area contributed by atoms with Gasteiger partial charge in [-0.2, -0.15) is 13.2 Å². The van der Waals surface area contributed by atoms with E-state index < -0.39 is 11.9 Å². The van der Waals surface area contributed by atoms with Crippen LogP contribution in [0.3, 0.4) is 0 Å². The normalized spacial score (nSPS) is 15.6. The Hall–Kier alpha value is -1.83. The van der Waals surface area contributed by atoms with E-state index in [1.165, 1.54) is 6.07 Å². The minimum atomic E-state index is -4.51. The predicted octanol–water partition coefficient (Wildman–Crippen LogP) is 2.79. The number of hydrogen-bond donors (Lipinski definition) is 2. The van der Waals surface area contributed by atoms with E-state index in [0.29, 0.717) is 5.39 Å². The van der Waals surface area contributed by atoms with E-state index in [0.717, 1.165) is 30.2 Å². The van der Waals surface area contributed by atoms with Crippen molar-refractivity contribution in [2.75, 3.05) is 5.73 Å². The Kier molecular flexibility index (Phi) is 2.86. The first-order valence-corrected chi connectivity index (χ1v) is 6.75. The van der Waals surface area contributed by atoms with Crippen molar-refractivity contribution in [3.8, 4) is 0 Å². The molecule has 1 amide bonds. The molecule has 2 heterocycles. The quantitative estimate of drug-likeness (QED) is 0.896. The Morgan fingerprint density at radius 3 is 2.70 bits per heavy atom. The highest BCUT2D eigenvalue weighted by molar-refractivity contribution is 7.21. The molecule has 0 bridgehead atoms. The van der Waals surface area contributed by atoms with E-state index >= 15 is 0 Å². The lowest BCUT2D eigenvalue weighted by Gasteiger charge is -2.04. The lowest BCUT2D eigenvalue weighted by atomic mass is 10.2. The van der Waals surface area contributed by atoms with Crippen LogP contribution in [-0.4, -0.2) is 16.9 Å². The number of pyridine rings is 1. The number of nitrogens with two attached hydrogens (primary N) is 1. The van der Waals surface area contributed by atoms with Gasteiger partial charge in [-0.3, -0.25) is 4.79 Å². The van der Waals surface area contributed by atoms with E-state index in [2.05, 4.69) is 10.3 Å². The van der Waals surface area contributed by atoms with Crippen molar-refractivity contribution in [3.05, 3.63) is 22.7 Å². The number of rotatable bonds is 2. The smallest absolute Gasteiger partial charge is 0.397 e. The topological polar surface area (TPSA) is 68.0 Å². The Balaban J connectivity index is 2.02. The first-order chi connectivity index (χ1) is 9.36. The molecule has 0 spiro atoms. The van der Waals surface area contributed by atoms with Crippen LogP contribution < -0.4 is 11.1 Å². The third-order valence-corrected chi connectivity index (χ3v) is 4.12. The van der Waals surface area contributed by atoms with Crippen LogP contribution in [-0.2, 0) is 6.18 Å². The highest BCUT2D eigenvalue weighted by Crippen LogP contribution is 2.36. The van der Waals surface area contributed by atoms with Gasteiger partial charge in [0.1, 0.15) is 15.4 Å². The third-order valence-electron chi connectivity index (χ3n) is 3.00. The number of thiophene rings is 1. The molecule has 3 rings (SSSR count). The predicted molar refractivity (Wildman–Crippen MR) is 69.5 cm³/mol. The number of alkyl halides is 3. The van der Waals surface area contributed by atoms with Gasteiger partial charge in [0, 0.05) is 11.4 Å². The van der Waals surface area contributed by atoms with Gasteiger partial charge in [-0.25, -0.2) is 4.98 Å². The average Bonchev–Trinajstić information content (AvgIpc) is 3.11. The van der Waals surface area contributed by atoms with Crippen LogP contribution in [0.5, 0.6) is 0 Å². The van der Waals surface area contributed by atoms with Gasteiger partial charge in [0.15, 0.2) is 0 Å². The molecule has 1 fully saturated rings. The molecule has 1 saturated carbocycles. The van der Waals surface area contributed by atoms with Crippen LogP contribution in [0.15, 0.2) is 12.1 Å². The van der Waals surface area contributed by atoms with Gasteiger partial charge >= 0.3 is 6.18 Å². The third kappa shape index (κ3) is 2.31. The molecule has 3 N–H and O–H groups in total. The fraction of sp³-hybridized carbons (Fsp3) is 0.333. The van der Waals surface area contributed by atoms with Crippen molar-refractivity contribution in [1.82, 2.24) is 10.3 Å². The molecular formula is C12H10F3N3OS. The maximum atomic E-state index is 12.6. The minimum absolute atomic E-state index is 0.123. The average molecular weight is 301 g/mol. The van der Waals surface area contributed by atoms with Crippen molar-refractivity contribution >= 4 is 33.1 Å². The largest absolute Gasteiger partial charge is 0.433 e. The fourth-order valence-corrected chi connectivity index (χ4v) is 2.80. The maximum Gasteiger partial charge on any atom is 0.433 e. The number of nitrogens with zero attached hydrogens (tertiary/aromatic N) is 1. The fourth-order valence-electron chi connectivity index (χ4n) is 1.80. The Morgan fingerprint density at radius 1 is 1.40 bits per heavy atom. The highest BCUT2D eigenvalue weighted by atomic mass is 32.1. The zero-order chi connectivity index (χ0) is 14.5. The molecule has 0 unspecified atom stereocenters. The summed E-state index contributed by atoms with van der Waals surface area (Å²) in [6.07, 6.45) is -2.66. The number of nitrogens with one attached hydrogen (secondary N) is 1. The minimum Gasteiger partial charge on any atom is -0.397 e. The van der Waals surface area contributed by atoms with Crippen LogP contribution in [0.1, 0.15) is 28.2 Å². The number of hydrogen-bond acceptors (Lipinski definition) is 4. The molecule has 0 saturated heterocycles. The van der Waals surface area contributed by atoms with Crippen molar-refractivity contribution < 1.29 is 18.0 Å². The molecule has 0 atom stereocenters. The van der Waals surface area contributed by atoms with Gasteiger partial charge in [-0.05, 0) is 25.0 Å². The molecule has 106 valence electrons. The van der Waals surface area contributed by atoms with Crippen LogP contribution >= 0.6 is 11.3 Å². The van der Waals surface area contributed by atoms with Gasteiger partial charge in [0.25, 0.3) is 5.91 Å². The second-order valence-corrected chi connectivity index (χ2v) is 5.64. The second-order valence-electron chi connectivity index (χ2n) is 4.64. The number of amides is 1. The SMILES string of the molecule is Nc1c(C(=O)NC2CC2)sc2nc(C(F)(F)F)ccc12. The maximum absolute atomic E-state index is 12.6. The van der Waals surface area contributed by atoms with E-state index in [-0.39, 0.29) is 27.3 Å². The van der Waals surface area contributed by atoms with Crippen LogP contribution in [0.4, 0.5) is 18.9 Å². The van der Waals surface area contributed by atoms with Crippen molar-refractivity contribution in [2.24, 2.45) is 0 Å². The molecular weight excluding hydrogens is 291 g/mol. The van der Waals surface area contributed by atoms with E-state index in [4.69, 9.17) is 5.73 Å². The number of carbonyl (C=O) groups excluding carboxylic acids is 1. The van der Waals surface area contributed by atoms with Gasteiger partial charge in [0.2, 0.25) is 0 Å². The van der Waals surface area contributed by atoms with Crippen molar-refractivity contribution in [2.45, 2.75) is 25.1 Å². The standard InChI is InChI=1S/C12H10F3N3OS/c13-12(14,15)7-4-3-6-8(16)9(20-11(6)18-7)10(19)17-5-1-2-5/h3-5H,1-2,16H2,(H,17,19). The Bertz CT molecular complexity index is 691. The lowest BCUT2D eigenvalue weighted by molar-refractivity contribution is -0.140. The molecule has 0 aromatic carbocycles. The van der Waals surface area contributed by atoms with Crippen LogP contribution in [0, 0.1) is 0 Å². The number of fused-ring (bicyclic) bond motifs is 1. The summed E-state index contributed by atoms with van der Waals surface area (Å²) in [5.74, 6) is -0.346. The summed E-state index contributed by atoms with van der Waals surface area (Å²) in [6, 6.07) is 2.28. The number of nitrogen functional groups attached to an aromatic ring is 1. The zero-order valence-corrected chi connectivity index (χ0v) is 10.9. The zero-order valence-electron chi connectivity index (χ0n) is 10.1. The monoisotopic (exact) mass is 301 g/mol. The molecule has 2 aromatic rings. The molecule has 4 nitrogen and oxygen atoms in total. The molecule has 1 aliphatic carbocycles. The van der Waals surface area contributed by atoms with Gasteiger partial charge < -0.3 is 11.1 Å². The number of carbonyl (C=O) groups is 1. The summed E-state index contributed by atoms with van der Waals surface area (Å²) in [5.41, 5.74) is 5.02. The van der Waals surface area contributed by atoms with Crippen molar-refractivity contribution in [3.63, 3.8) is 0 Å². The summed E-state index contributed by atoms with van der Waals surface area (Å²) >= 11 is 0.884. The van der Waals surface area contributed by atoms with Gasteiger partial charge in [-0.1, -0.05) is 0 Å². The number of anilines is 1. The molecule has 0 radical (unpaired) electrons.